The van der Waals surface area contributed by atoms with Crippen LogP contribution in [0.1, 0.15) is 42.5 Å². The first kappa shape index (κ1) is 23.8. The van der Waals surface area contributed by atoms with E-state index in [9.17, 15) is 14.7 Å². The van der Waals surface area contributed by atoms with E-state index in [1.165, 1.54) is 24.1 Å². The van der Waals surface area contributed by atoms with Crippen LogP contribution in [0.4, 0.5) is 5.69 Å². The number of carbonyl (C=O) groups excluding carboxylic acids is 2. The third-order valence-corrected chi connectivity index (χ3v) is 6.27. The minimum atomic E-state index is -0.893. The van der Waals surface area contributed by atoms with E-state index in [4.69, 9.17) is 27.9 Å². The zero-order valence-electron chi connectivity index (χ0n) is 18.8. The maximum atomic E-state index is 13.3. The Hall–Kier alpha value is -3.35. The second kappa shape index (κ2) is 9.49. The lowest BCUT2D eigenvalue weighted by atomic mass is 9.95. The van der Waals surface area contributed by atoms with E-state index in [2.05, 4.69) is 18.8 Å². The van der Waals surface area contributed by atoms with Crippen molar-refractivity contribution in [2.24, 2.45) is 0 Å². The largest absolute Gasteiger partial charge is 0.507 e. The van der Waals surface area contributed by atoms with E-state index in [-0.39, 0.29) is 26.9 Å². The molecule has 1 aliphatic heterocycles. The number of nitrogens with zero attached hydrogens (tertiary/aromatic N) is 2. The highest BCUT2D eigenvalue weighted by molar-refractivity contribution is 6.51. The molecule has 1 atom stereocenters. The standard InChI is InChI=1S/C26H22Cl2N2O4/c1-14(2)15-4-6-18(7-5-15)30-22(16-8-10-29-11-9-16)21(24(32)26(30)33)23(31)19-12-17(27)13-20(28)25(19)34-3/h4-14,22,31H,1-3H3/b23-21+. The average Bonchev–Trinajstić information content (AvgIpc) is 3.09. The average molecular weight is 497 g/mol. The topological polar surface area (TPSA) is 79.7 Å². The van der Waals surface area contributed by atoms with Crippen LogP contribution in [-0.2, 0) is 9.59 Å². The van der Waals surface area contributed by atoms with Crippen LogP contribution in [0.5, 0.6) is 5.75 Å². The number of aliphatic hydroxyl groups is 1. The summed E-state index contributed by atoms with van der Waals surface area (Å²) in [5.74, 6) is -1.56. The van der Waals surface area contributed by atoms with E-state index >= 15 is 0 Å². The summed E-state index contributed by atoms with van der Waals surface area (Å²) in [7, 11) is 1.39. The Morgan fingerprint density at radius 2 is 1.71 bits per heavy atom. The normalized spacial score (nSPS) is 17.5. The van der Waals surface area contributed by atoms with Crippen molar-refractivity contribution < 1.29 is 19.4 Å². The van der Waals surface area contributed by atoms with E-state index in [0.29, 0.717) is 17.2 Å². The van der Waals surface area contributed by atoms with Crippen molar-refractivity contribution in [3.63, 3.8) is 0 Å². The molecule has 3 aromatic rings. The van der Waals surface area contributed by atoms with E-state index in [1.807, 2.05) is 12.1 Å². The van der Waals surface area contributed by atoms with Crippen LogP contribution in [0.25, 0.3) is 5.76 Å². The molecule has 1 aliphatic rings. The summed E-state index contributed by atoms with van der Waals surface area (Å²) < 4.78 is 5.36. The van der Waals surface area contributed by atoms with Gasteiger partial charge < -0.3 is 9.84 Å². The summed E-state index contributed by atoms with van der Waals surface area (Å²) in [6.07, 6.45) is 3.13. The number of methoxy groups -OCH3 is 1. The highest BCUT2D eigenvalue weighted by Gasteiger charge is 2.47. The molecule has 0 spiro atoms. The summed E-state index contributed by atoms with van der Waals surface area (Å²) >= 11 is 12.4. The molecule has 1 fully saturated rings. The quantitative estimate of drug-likeness (QED) is 0.260. The molecule has 174 valence electrons. The molecule has 2 aromatic carbocycles. The molecule has 1 saturated heterocycles. The minimum Gasteiger partial charge on any atom is -0.507 e. The molecule has 2 heterocycles. The van der Waals surface area contributed by atoms with E-state index < -0.39 is 23.5 Å². The first-order chi connectivity index (χ1) is 16.2. The van der Waals surface area contributed by atoms with Crippen molar-refractivity contribution in [1.29, 1.82) is 0 Å². The number of hydrogen-bond donors (Lipinski definition) is 1. The maximum Gasteiger partial charge on any atom is 0.300 e. The molecule has 1 unspecified atom stereocenters. The number of pyridine rings is 1. The molecule has 0 aliphatic carbocycles. The van der Waals surface area contributed by atoms with Crippen molar-refractivity contribution in [2.75, 3.05) is 12.0 Å². The van der Waals surface area contributed by atoms with Crippen LogP contribution in [-0.4, -0.2) is 28.9 Å². The molecule has 0 radical (unpaired) electrons. The van der Waals surface area contributed by atoms with Crippen molar-refractivity contribution >= 4 is 46.3 Å². The van der Waals surface area contributed by atoms with Gasteiger partial charge in [0.05, 0.1) is 29.3 Å². The predicted octanol–water partition coefficient (Wildman–Crippen LogP) is 6.15. The van der Waals surface area contributed by atoms with Crippen LogP contribution in [0, 0.1) is 0 Å². The Balaban J connectivity index is 1.96. The van der Waals surface area contributed by atoms with E-state index in [1.54, 1.807) is 36.7 Å². The highest BCUT2D eigenvalue weighted by atomic mass is 35.5. The fourth-order valence-corrected chi connectivity index (χ4v) is 4.64. The molecule has 1 N–H and O–H groups in total. The monoisotopic (exact) mass is 496 g/mol. The number of ether oxygens (including phenoxy) is 1. The molecule has 0 saturated carbocycles. The number of ketones is 1. The number of Topliss-reactive ketones (excluding diaryl/α,β-unsaturated/α-hetero) is 1. The van der Waals surface area contributed by atoms with Gasteiger partial charge in [-0.25, -0.2) is 0 Å². The molecule has 8 heteroatoms. The molecule has 4 rings (SSSR count). The number of aliphatic hydroxyl groups excluding tert-OH is 1. The highest BCUT2D eigenvalue weighted by Crippen LogP contribution is 2.44. The summed E-state index contributed by atoms with van der Waals surface area (Å²) in [6, 6.07) is 12.8. The third kappa shape index (κ3) is 4.15. The lowest BCUT2D eigenvalue weighted by Gasteiger charge is -2.26. The molecular formula is C26H22Cl2N2O4. The van der Waals surface area contributed by atoms with Crippen LogP contribution in [0.15, 0.2) is 66.5 Å². The molecule has 1 amide bonds. The van der Waals surface area contributed by atoms with Gasteiger partial charge in [0.1, 0.15) is 11.5 Å². The number of carbonyl (C=O) groups is 2. The van der Waals surface area contributed by atoms with Gasteiger partial charge in [-0.2, -0.15) is 0 Å². The Morgan fingerprint density at radius 1 is 1.06 bits per heavy atom. The van der Waals surface area contributed by atoms with Gasteiger partial charge in [0.2, 0.25) is 0 Å². The Morgan fingerprint density at radius 3 is 2.29 bits per heavy atom. The molecule has 6 nitrogen and oxygen atoms in total. The number of rotatable bonds is 5. The first-order valence-corrected chi connectivity index (χ1v) is 11.3. The number of anilines is 1. The van der Waals surface area contributed by atoms with Crippen molar-refractivity contribution in [2.45, 2.75) is 25.8 Å². The Kier molecular flexibility index (Phi) is 6.64. The van der Waals surface area contributed by atoms with Gasteiger partial charge in [-0.15, -0.1) is 0 Å². The molecule has 1 aromatic heterocycles. The van der Waals surface area contributed by atoms with Crippen molar-refractivity contribution in [3.05, 3.63) is 93.2 Å². The fraction of sp³-hybridized carbons (Fsp3) is 0.192. The van der Waals surface area contributed by atoms with Gasteiger partial charge >= 0.3 is 0 Å². The number of hydrogen-bond acceptors (Lipinski definition) is 5. The molecule has 34 heavy (non-hydrogen) atoms. The second-order valence-corrected chi connectivity index (χ2v) is 9.01. The first-order valence-electron chi connectivity index (χ1n) is 10.6. The maximum absolute atomic E-state index is 13.3. The Labute approximate surface area is 207 Å². The van der Waals surface area contributed by atoms with Crippen LogP contribution < -0.4 is 9.64 Å². The zero-order chi connectivity index (χ0) is 24.6. The number of amides is 1. The molecule has 0 bridgehead atoms. The van der Waals surface area contributed by atoms with Gasteiger partial charge in [-0.1, -0.05) is 49.2 Å². The lowest BCUT2D eigenvalue weighted by Crippen LogP contribution is -2.29. The van der Waals surface area contributed by atoms with Crippen LogP contribution >= 0.6 is 23.2 Å². The second-order valence-electron chi connectivity index (χ2n) is 8.16. The van der Waals surface area contributed by atoms with Gasteiger partial charge in [-0.3, -0.25) is 19.5 Å². The van der Waals surface area contributed by atoms with Crippen LogP contribution in [0.3, 0.4) is 0 Å². The number of benzene rings is 2. The fourth-order valence-electron chi connectivity index (χ4n) is 4.07. The van der Waals surface area contributed by atoms with Gasteiger partial charge in [0, 0.05) is 23.1 Å². The number of halogens is 2. The summed E-state index contributed by atoms with van der Waals surface area (Å²) in [5.41, 5.74) is 2.26. The third-order valence-electron chi connectivity index (χ3n) is 5.77. The van der Waals surface area contributed by atoms with Gasteiger partial charge in [0.15, 0.2) is 0 Å². The Bertz CT molecular complexity index is 1290. The molecular weight excluding hydrogens is 475 g/mol. The summed E-state index contributed by atoms with van der Waals surface area (Å²) in [5, 5.41) is 11.8. The number of aromatic nitrogens is 1. The summed E-state index contributed by atoms with van der Waals surface area (Å²) in [6.45, 7) is 4.14. The SMILES string of the molecule is COc1c(Cl)cc(Cl)cc1/C(O)=C1\C(=O)C(=O)N(c2ccc(C(C)C)cc2)C1c1ccncc1. The van der Waals surface area contributed by atoms with Gasteiger partial charge in [-0.05, 0) is 53.4 Å². The predicted molar refractivity (Wildman–Crippen MR) is 133 cm³/mol. The summed E-state index contributed by atoms with van der Waals surface area (Å²) in [4.78, 5) is 32.0. The van der Waals surface area contributed by atoms with Crippen LogP contribution in [0.2, 0.25) is 10.0 Å². The van der Waals surface area contributed by atoms with Crippen molar-refractivity contribution in [1.82, 2.24) is 4.98 Å². The smallest absolute Gasteiger partial charge is 0.300 e. The van der Waals surface area contributed by atoms with Crippen molar-refractivity contribution in [3.8, 4) is 5.75 Å². The zero-order valence-corrected chi connectivity index (χ0v) is 20.3. The lowest BCUT2D eigenvalue weighted by molar-refractivity contribution is -0.132. The van der Waals surface area contributed by atoms with Gasteiger partial charge in [0.25, 0.3) is 11.7 Å². The minimum absolute atomic E-state index is 0.0965. The van der Waals surface area contributed by atoms with E-state index in [0.717, 1.165) is 5.56 Å².